The average molecular weight is 240 g/mol. The van der Waals surface area contributed by atoms with Crippen LogP contribution in [0.3, 0.4) is 0 Å². The molecular formula is C11H20N4S. The molecule has 90 valence electrons. The number of aryl methyl sites for hydroxylation is 1. The summed E-state index contributed by atoms with van der Waals surface area (Å²) < 4.78 is 4.34. The van der Waals surface area contributed by atoms with Crippen LogP contribution in [0.2, 0.25) is 0 Å². The molecule has 1 saturated heterocycles. The highest BCUT2D eigenvalue weighted by molar-refractivity contribution is 7.09. The molecule has 1 aliphatic rings. The number of piperidine rings is 1. The molecule has 2 rings (SSSR count). The van der Waals surface area contributed by atoms with E-state index in [1.54, 1.807) is 11.5 Å². The second-order valence-corrected chi connectivity index (χ2v) is 5.07. The molecule has 0 aromatic carbocycles. The number of nitrogens with zero attached hydrogens (tertiary/aromatic N) is 3. The Morgan fingerprint density at radius 2 is 2.19 bits per heavy atom. The molecule has 1 fully saturated rings. The van der Waals surface area contributed by atoms with Gasteiger partial charge in [-0.2, -0.15) is 4.37 Å². The fourth-order valence-electron chi connectivity index (χ4n) is 2.13. The second kappa shape index (κ2) is 5.59. The topological polar surface area (TPSA) is 41.1 Å². The number of nitrogens with one attached hydrogen (secondary N) is 1. The van der Waals surface area contributed by atoms with Gasteiger partial charge in [0.15, 0.2) is 0 Å². The van der Waals surface area contributed by atoms with Gasteiger partial charge in [-0.15, -0.1) is 0 Å². The summed E-state index contributed by atoms with van der Waals surface area (Å²) in [6.07, 6.45) is 3.47. The van der Waals surface area contributed by atoms with E-state index in [1.165, 1.54) is 12.8 Å². The predicted molar refractivity (Wildman–Crippen MR) is 68.2 cm³/mol. The van der Waals surface area contributed by atoms with Crippen LogP contribution < -0.4 is 10.2 Å². The summed E-state index contributed by atoms with van der Waals surface area (Å²) in [7, 11) is 2.03. The van der Waals surface area contributed by atoms with Crippen molar-refractivity contribution in [2.24, 2.45) is 5.92 Å². The van der Waals surface area contributed by atoms with E-state index >= 15 is 0 Å². The van der Waals surface area contributed by atoms with Crippen LogP contribution in [0.5, 0.6) is 0 Å². The van der Waals surface area contributed by atoms with Crippen molar-refractivity contribution in [3.05, 3.63) is 5.82 Å². The molecule has 0 spiro atoms. The first-order valence-corrected chi connectivity index (χ1v) is 6.83. The third-order valence-electron chi connectivity index (χ3n) is 3.15. The molecule has 0 radical (unpaired) electrons. The van der Waals surface area contributed by atoms with E-state index < -0.39 is 0 Å². The molecule has 0 saturated carbocycles. The molecule has 0 atom stereocenters. The molecule has 2 heterocycles. The number of hydrogen-bond donors (Lipinski definition) is 1. The fraction of sp³-hybridized carbons (Fsp3) is 0.818. The zero-order valence-electron chi connectivity index (χ0n) is 10.1. The van der Waals surface area contributed by atoms with Crippen molar-refractivity contribution < 1.29 is 0 Å². The van der Waals surface area contributed by atoms with Gasteiger partial charge in [-0.25, -0.2) is 4.98 Å². The maximum absolute atomic E-state index is 4.54. The molecule has 16 heavy (non-hydrogen) atoms. The Kier molecular flexibility index (Phi) is 4.12. The lowest BCUT2D eigenvalue weighted by molar-refractivity contribution is 0.393. The summed E-state index contributed by atoms with van der Waals surface area (Å²) >= 11 is 1.54. The molecule has 5 heteroatoms. The number of anilines is 1. The second-order valence-electron chi connectivity index (χ2n) is 4.33. The van der Waals surface area contributed by atoms with E-state index in [0.29, 0.717) is 0 Å². The van der Waals surface area contributed by atoms with Crippen molar-refractivity contribution in [3.8, 4) is 0 Å². The third-order valence-corrected chi connectivity index (χ3v) is 3.97. The van der Waals surface area contributed by atoms with Gasteiger partial charge in [0.2, 0.25) is 5.13 Å². The van der Waals surface area contributed by atoms with Gasteiger partial charge in [0.1, 0.15) is 5.82 Å². The van der Waals surface area contributed by atoms with Crippen molar-refractivity contribution in [1.82, 2.24) is 14.7 Å². The molecule has 1 N–H and O–H groups in total. The monoisotopic (exact) mass is 240 g/mol. The summed E-state index contributed by atoms with van der Waals surface area (Å²) in [6.45, 7) is 5.50. The molecule has 1 aromatic heterocycles. The Hall–Kier alpha value is -0.680. The smallest absolute Gasteiger partial charge is 0.205 e. The van der Waals surface area contributed by atoms with Crippen LogP contribution >= 0.6 is 11.5 Å². The highest BCUT2D eigenvalue weighted by Crippen LogP contribution is 2.24. The van der Waals surface area contributed by atoms with Crippen LogP contribution in [0.25, 0.3) is 0 Å². The number of rotatable bonds is 4. The summed E-state index contributed by atoms with van der Waals surface area (Å²) in [5.74, 6) is 1.82. The largest absolute Gasteiger partial charge is 0.347 e. The van der Waals surface area contributed by atoms with Crippen molar-refractivity contribution in [3.63, 3.8) is 0 Å². The van der Waals surface area contributed by atoms with Crippen molar-refractivity contribution in [1.29, 1.82) is 0 Å². The van der Waals surface area contributed by atoms with Gasteiger partial charge in [0.05, 0.1) is 0 Å². The van der Waals surface area contributed by atoms with Crippen molar-refractivity contribution >= 4 is 16.7 Å². The van der Waals surface area contributed by atoms with Gasteiger partial charge in [-0.3, -0.25) is 0 Å². The molecule has 0 bridgehead atoms. The SMILES string of the molecule is CCc1nsc(N2CCC(CNC)CC2)n1. The Labute approximate surface area is 101 Å². The van der Waals surface area contributed by atoms with Gasteiger partial charge >= 0.3 is 0 Å². The Morgan fingerprint density at radius 3 is 2.75 bits per heavy atom. The first kappa shape index (κ1) is 11.8. The first-order valence-electron chi connectivity index (χ1n) is 6.05. The zero-order chi connectivity index (χ0) is 11.4. The van der Waals surface area contributed by atoms with Crippen molar-refractivity contribution in [2.45, 2.75) is 26.2 Å². The van der Waals surface area contributed by atoms with Crippen molar-refractivity contribution in [2.75, 3.05) is 31.6 Å². The summed E-state index contributed by atoms with van der Waals surface area (Å²) in [5.41, 5.74) is 0. The lowest BCUT2D eigenvalue weighted by atomic mass is 9.97. The zero-order valence-corrected chi connectivity index (χ0v) is 10.9. The Balaban J connectivity index is 1.88. The average Bonchev–Trinajstić information content (AvgIpc) is 2.79. The van der Waals surface area contributed by atoms with Crippen LogP contribution in [0.1, 0.15) is 25.6 Å². The normalized spacial score (nSPS) is 18.0. The summed E-state index contributed by atoms with van der Waals surface area (Å²) in [4.78, 5) is 6.92. The first-order chi connectivity index (χ1) is 7.83. The van der Waals surface area contributed by atoms with Gasteiger partial charge in [-0.1, -0.05) is 6.92 Å². The quantitative estimate of drug-likeness (QED) is 0.866. The van der Waals surface area contributed by atoms with E-state index in [0.717, 1.165) is 42.9 Å². The minimum atomic E-state index is 0.833. The number of aromatic nitrogens is 2. The van der Waals surface area contributed by atoms with Gasteiger partial charge in [0.25, 0.3) is 0 Å². The maximum atomic E-state index is 4.54. The molecule has 1 aliphatic heterocycles. The predicted octanol–water partition coefficient (Wildman–Crippen LogP) is 1.54. The van der Waals surface area contributed by atoms with Crippen LogP contribution in [0.15, 0.2) is 0 Å². The molecular weight excluding hydrogens is 220 g/mol. The Morgan fingerprint density at radius 1 is 1.44 bits per heavy atom. The molecule has 0 amide bonds. The lowest BCUT2D eigenvalue weighted by Crippen LogP contribution is -2.36. The standard InChI is InChI=1S/C11H20N4S/c1-3-10-13-11(16-14-10)15-6-4-9(5-7-15)8-12-2/h9,12H,3-8H2,1-2H3. The highest BCUT2D eigenvalue weighted by atomic mass is 32.1. The minimum Gasteiger partial charge on any atom is -0.347 e. The maximum Gasteiger partial charge on any atom is 0.205 e. The van der Waals surface area contributed by atoms with E-state index in [1.807, 2.05) is 7.05 Å². The highest BCUT2D eigenvalue weighted by Gasteiger charge is 2.20. The van der Waals surface area contributed by atoms with Crippen LogP contribution in [-0.4, -0.2) is 36.0 Å². The van der Waals surface area contributed by atoms with Crippen LogP contribution in [0, 0.1) is 5.92 Å². The van der Waals surface area contributed by atoms with E-state index in [4.69, 9.17) is 0 Å². The minimum absolute atomic E-state index is 0.833. The molecule has 1 aromatic rings. The molecule has 0 unspecified atom stereocenters. The van der Waals surface area contributed by atoms with Crippen LogP contribution in [-0.2, 0) is 6.42 Å². The third kappa shape index (κ3) is 2.71. The molecule has 4 nitrogen and oxygen atoms in total. The lowest BCUT2D eigenvalue weighted by Gasteiger charge is -2.31. The summed E-state index contributed by atoms with van der Waals surface area (Å²) in [5, 5.41) is 4.37. The summed E-state index contributed by atoms with van der Waals surface area (Å²) in [6, 6.07) is 0. The van der Waals surface area contributed by atoms with Gasteiger partial charge < -0.3 is 10.2 Å². The molecule has 0 aliphatic carbocycles. The Bertz CT molecular complexity index is 318. The van der Waals surface area contributed by atoms with Gasteiger partial charge in [0, 0.05) is 31.0 Å². The van der Waals surface area contributed by atoms with Crippen LogP contribution in [0.4, 0.5) is 5.13 Å². The van der Waals surface area contributed by atoms with E-state index in [9.17, 15) is 0 Å². The van der Waals surface area contributed by atoms with E-state index in [2.05, 4.69) is 26.5 Å². The number of hydrogen-bond acceptors (Lipinski definition) is 5. The van der Waals surface area contributed by atoms with Gasteiger partial charge in [-0.05, 0) is 32.4 Å². The fourth-order valence-corrected chi connectivity index (χ4v) is 2.94. The van der Waals surface area contributed by atoms with E-state index in [-0.39, 0.29) is 0 Å².